The lowest BCUT2D eigenvalue weighted by Crippen LogP contribution is -2.60. The van der Waals surface area contributed by atoms with E-state index in [9.17, 15) is 21.6 Å². The van der Waals surface area contributed by atoms with Gasteiger partial charge in [-0.25, -0.2) is 17.9 Å². The van der Waals surface area contributed by atoms with E-state index in [2.05, 4.69) is 25.5 Å². The maximum absolute atomic E-state index is 13.6. The van der Waals surface area contributed by atoms with Crippen LogP contribution >= 0.6 is 0 Å². The number of likely N-dealkylation sites (tertiary alicyclic amines) is 1. The molecule has 0 bridgehead atoms. The number of amides is 1. The van der Waals surface area contributed by atoms with Crippen LogP contribution in [0, 0.1) is 24.2 Å². The summed E-state index contributed by atoms with van der Waals surface area (Å²) in [5, 5.41) is 0. The third kappa shape index (κ3) is 9.53. The van der Waals surface area contributed by atoms with E-state index in [1.54, 1.807) is 32.9 Å². The zero-order valence-electron chi connectivity index (χ0n) is 24.9. The Hall–Kier alpha value is -1.51. The van der Waals surface area contributed by atoms with Gasteiger partial charge in [0.1, 0.15) is 11.3 Å². The van der Waals surface area contributed by atoms with Gasteiger partial charge in [-0.1, -0.05) is 38.5 Å². The number of aryl methyl sites for hydroxylation is 1. The molecule has 1 aliphatic heterocycles. The largest absolute Gasteiger partial charge is 0.444 e. The van der Waals surface area contributed by atoms with Gasteiger partial charge in [0, 0.05) is 19.0 Å². The van der Waals surface area contributed by atoms with Crippen molar-refractivity contribution in [3.05, 3.63) is 29.8 Å². The second-order valence-electron chi connectivity index (χ2n) is 12.7. The van der Waals surface area contributed by atoms with Gasteiger partial charge in [0.25, 0.3) is 10.1 Å². The van der Waals surface area contributed by atoms with E-state index in [-0.39, 0.29) is 29.4 Å². The average Bonchev–Trinajstić information content (AvgIpc) is 3.12. The van der Waals surface area contributed by atoms with E-state index in [1.807, 2.05) is 20.0 Å². The predicted molar refractivity (Wildman–Crippen MR) is 154 cm³/mol. The molecule has 1 aromatic carbocycles. The number of hydrogen-bond donors (Lipinski definition) is 1. The summed E-state index contributed by atoms with van der Waals surface area (Å²) in [5.41, 5.74) is -1.45. The van der Waals surface area contributed by atoms with Crippen LogP contribution in [0.25, 0.3) is 0 Å². The van der Waals surface area contributed by atoms with Crippen LogP contribution in [-0.4, -0.2) is 74.1 Å². The first-order valence-corrected chi connectivity index (χ1v) is 19.2. The molecule has 1 heterocycles. The van der Waals surface area contributed by atoms with Gasteiger partial charge in [-0.15, -0.1) is 0 Å². The minimum atomic E-state index is -3.95. The minimum absolute atomic E-state index is 0.0350. The van der Waals surface area contributed by atoms with Crippen molar-refractivity contribution in [2.24, 2.45) is 17.3 Å². The summed E-state index contributed by atoms with van der Waals surface area (Å²) < 4.78 is 70.8. The molecule has 1 aliphatic rings. The van der Waals surface area contributed by atoms with E-state index in [0.717, 1.165) is 11.8 Å². The zero-order valence-corrected chi connectivity index (χ0v) is 27.7. The third-order valence-electron chi connectivity index (χ3n) is 6.65. The topological polar surface area (TPSA) is 128 Å². The summed E-state index contributed by atoms with van der Waals surface area (Å²) >= 11 is 0. The molecule has 1 fully saturated rings. The van der Waals surface area contributed by atoms with Crippen LogP contribution in [0.3, 0.4) is 0 Å². The molecular weight excluding hydrogens is 561 g/mol. The number of nitrogens with one attached hydrogen (secondary N) is 1. The quantitative estimate of drug-likeness (QED) is 0.314. The van der Waals surface area contributed by atoms with Crippen LogP contribution in [-0.2, 0) is 33.5 Å². The fourth-order valence-electron chi connectivity index (χ4n) is 4.60. The molecule has 2 rings (SSSR count). The standard InChI is InChI=1S/C26H46N2O8S2Si/c1-19-11-13-22(14-12-19)38(32,33)27-16-21(18-34-37(8,30)31)26(36-39(9)10)15-20(24(2,3)4)17-28(26)23(29)35-25(5,6)7/h11-14,20-21,27,39H,15-18H2,1-10H3/t20-,21?,26-/m0/s1. The Balaban J connectivity index is 2.62. The Morgan fingerprint density at radius 1 is 1.10 bits per heavy atom. The Morgan fingerprint density at radius 3 is 2.13 bits per heavy atom. The summed E-state index contributed by atoms with van der Waals surface area (Å²) in [6, 6.07) is 6.40. The van der Waals surface area contributed by atoms with Crippen LogP contribution in [0.5, 0.6) is 0 Å². The van der Waals surface area contributed by atoms with Gasteiger partial charge < -0.3 is 9.16 Å². The van der Waals surface area contributed by atoms with Gasteiger partial charge in [0.2, 0.25) is 10.0 Å². The molecule has 0 saturated carbocycles. The monoisotopic (exact) mass is 606 g/mol. The molecule has 224 valence electrons. The van der Waals surface area contributed by atoms with E-state index in [0.29, 0.717) is 13.0 Å². The second-order valence-corrected chi connectivity index (χ2v) is 18.5. The summed E-state index contributed by atoms with van der Waals surface area (Å²) in [6.45, 7) is 17.0. The lowest BCUT2D eigenvalue weighted by molar-refractivity contribution is -0.111. The van der Waals surface area contributed by atoms with E-state index in [1.165, 1.54) is 17.0 Å². The number of hydrogen-bond acceptors (Lipinski definition) is 8. The fraction of sp³-hybridized carbons (Fsp3) is 0.731. The number of sulfonamides is 1. The molecule has 1 aromatic rings. The Morgan fingerprint density at radius 2 is 1.67 bits per heavy atom. The van der Waals surface area contributed by atoms with Crippen molar-refractivity contribution in [2.75, 3.05) is 26.0 Å². The number of ether oxygens (including phenoxy) is 1. The van der Waals surface area contributed by atoms with E-state index >= 15 is 0 Å². The number of rotatable bonds is 10. The van der Waals surface area contributed by atoms with Gasteiger partial charge in [-0.3, -0.25) is 9.08 Å². The van der Waals surface area contributed by atoms with Crippen LogP contribution in [0.15, 0.2) is 29.2 Å². The highest BCUT2D eigenvalue weighted by molar-refractivity contribution is 7.89. The number of benzene rings is 1. The maximum Gasteiger partial charge on any atom is 0.412 e. The molecule has 39 heavy (non-hydrogen) atoms. The molecule has 1 saturated heterocycles. The molecule has 13 heteroatoms. The van der Waals surface area contributed by atoms with Crippen molar-refractivity contribution in [3.63, 3.8) is 0 Å². The highest BCUT2D eigenvalue weighted by atomic mass is 32.2. The van der Waals surface area contributed by atoms with E-state index in [4.69, 9.17) is 13.3 Å². The van der Waals surface area contributed by atoms with E-state index < -0.39 is 52.5 Å². The Kier molecular flexibility index (Phi) is 10.5. The zero-order chi connectivity index (χ0) is 30.0. The number of nitrogens with zero attached hydrogens (tertiary/aromatic N) is 1. The van der Waals surface area contributed by atoms with Gasteiger partial charge in [-0.05, 0) is 70.7 Å². The Labute approximate surface area is 236 Å². The summed E-state index contributed by atoms with van der Waals surface area (Å²) in [6.07, 6.45) is 0.698. The van der Waals surface area contributed by atoms with Crippen molar-refractivity contribution in [2.45, 2.75) is 84.2 Å². The smallest absolute Gasteiger partial charge is 0.412 e. The predicted octanol–water partition coefficient (Wildman–Crippen LogP) is 3.87. The molecule has 1 amide bonds. The molecule has 0 aliphatic carbocycles. The number of carbonyl (C=O) groups excluding carboxylic acids is 1. The first-order valence-electron chi connectivity index (χ1n) is 13.1. The Bertz CT molecular complexity index is 1210. The average molecular weight is 607 g/mol. The molecule has 0 spiro atoms. The molecular formula is C26H46N2O8S2Si. The first-order chi connectivity index (χ1) is 17.6. The van der Waals surface area contributed by atoms with Gasteiger partial charge in [0.15, 0.2) is 9.04 Å². The fourth-order valence-corrected chi connectivity index (χ4v) is 7.32. The lowest BCUT2D eigenvalue weighted by Gasteiger charge is -2.45. The van der Waals surface area contributed by atoms with Crippen molar-refractivity contribution in [3.8, 4) is 0 Å². The lowest BCUT2D eigenvalue weighted by atomic mass is 9.77. The third-order valence-corrected chi connectivity index (χ3v) is 9.53. The van der Waals surface area contributed by atoms with Crippen LogP contribution in [0.4, 0.5) is 4.79 Å². The van der Waals surface area contributed by atoms with Crippen molar-refractivity contribution in [1.82, 2.24) is 9.62 Å². The van der Waals surface area contributed by atoms with Crippen LogP contribution in [0.2, 0.25) is 13.1 Å². The van der Waals surface area contributed by atoms with Crippen molar-refractivity contribution in [1.29, 1.82) is 0 Å². The molecule has 1 unspecified atom stereocenters. The van der Waals surface area contributed by atoms with Gasteiger partial charge in [0.05, 0.1) is 17.8 Å². The second kappa shape index (κ2) is 12.2. The van der Waals surface area contributed by atoms with Crippen molar-refractivity contribution < 1.29 is 35.0 Å². The molecule has 3 atom stereocenters. The number of carbonyl (C=O) groups is 1. The SMILES string of the molecule is Cc1ccc(S(=O)(=O)NCC(COS(C)(=O)=O)[C@@]2(O[SiH](C)C)C[C@H](C(C)(C)C)CN2C(=O)OC(C)(C)C)cc1. The maximum atomic E-state index is 13.6. The highest BCUT2D eigenvalue weighted by Crippen LogP contribution is 2.47. The molecule has 10 nitrogen and oxygen atoms in total. The van der Waals surface area contributed by atoms with Crippen LogP contribution < -0.4 is 4.72 Å². The minimum Gasteiger partial charge on any atom is -0.444 e. The molecule has 1 N–H and O–H groups in total. The van der Waals surface area contributed by atoms with Gasteiger partial charge in [-0.2, -0.15) is 8.42 Å². The van der Waals surface area contributed by atoms with Crippen molar-refractivity contribution >= 4 is 35.3 Å². The van der Waals surface area contributed by atoms with Gasteiger partial charge >= 0.3 is 6.09 Å². The highest BCUT2D eigenvalue weighted by Gasteiger charge is 2.57. The summed E-state index contributed by atoms with van der Waals surface area (Å²) in [7, 11) is -9.72. The molecule has 0 aromatic heterocycles. The first kappa shape index (κ1) is 33.7. The summed E-state index contributed by atoms with van der Waals surface area (Å²) in [5.74, 6) is -0.894. The van der Waals surface area contributed by atoms with Crippen LogP contribution in [0.1, 0.15) is 53.5 Å². The summed E-state index contributed by atoms with van der Waals surface area (Å²) in [4.78, 5) is 15.2. The normalized spacial score (nSPS) is 21.8. The molecule has 0 radical (unpaired) electrons.